The van der Waals surface area contributed by atoms with Gasteiger partial charge in [-0.1, -0.05) is 38.1 Å². The van der Waals surface area contributed by atoms with Crippen LogP contribution in [0.3, 0.4) is 0 Å². The molecule has 0 amide bonds. The Morgan fingerprint density at radius 2 is 1.38 bits per heavy atom. The van der Waals surface area contributed by atoms with Gasteiger partial charge in [-0.25, -0.2) is 8.78 Å². The lowest BCUT2D eigenvalue weighted by atomic mass is 10.1. The van der Waals surface area contributed by atoms with E-state index in [0.29, 0.717) is 5.56 Å². The fraction of sp³-hybridized carbons (Fsp3) is 0.294. The van der Waals surface area contributed by atoms with Gasteiger partial charge in [-0.05, 0) is 40.5 Å². The minimum atomic E-state index is -1.89. The molecule has 0 fully saturated rings. The van der Waals surface area contributed by atoms with Gasteiger partial charge in [0.15, 0.2) is 0 Å². The summed E-state index contributed by atoms with van der Waals surface area (Å²) in [6, 6.07) is 13.5. The third kappa shape index (κ3) is 3.22. The van der Waals surface area contributed by atoms with E-state index < -0.39 is 20.0 Å². The first kappa shape index (κ1) is 15.9. The second kappa shape index (κ2) is 6.50. The summed E-state index contributed by atoms with van der Waals surface area (Å²) in [5, 5.41) is 1.22. The van der Waals surface area contributed by atoms with Gasteiger partial charge in [0, 0.05) is 13.2 Å². The van der Waals surface area contributed by atoms with Gasteiger partial charge in [-0.3, -0.25) is 0 Å². The Labute approximate surface area is 125 Å². The van der Waals surface area contributed by atoms with Crippen LogP contribution in [-0.4, -0.2) is 15.4 Å². The number of hydrogen-bond donors (Lipinski definition) is 0. The number of hydrogen-bond acceptors (Lipinski definition) is 1. The van der Waals surface area contributed by atoms with Crippen molar-refractivity contribution in [1.29, 1.82) is 0 Å². The van der Waals surface area contributed by atoms with Crippen molar-refractivity contribution in [2.24, 2.45) is 0 Å². The Hall–Kier alpha value is -1.52. The van der Waals surface area contributed by atoms with E-state index in [1.54, 1.807) is 7.11 Å². The Bertz CT molecular complexity index is 578. The van der Waals surface area contributed by atoms with Crippen LogP contribution in [0.4, 0.5) is 8.78 Å². The van der Waals surface area contributed by atoms with E-state index >= 15 is 0 Å². The minimum absolute atomic E-state index is 0.553. The quantitative estimate of drug-likeness (QED) is 0.741. The molecule has 2 aromatic rings. The molecule has 0 aliphatic heterocycles. The highest BCUT2D eigenvalue weighted by Gasteiger charge is 2.31. The van der Waals surface area contributed by atoms with Crippen LogP contribution in [0.25, 0.3) is 11.1 Å². The monoisotopic (exact) mass is 306 g/mol. The average molecular weight is 306 g/mol. The number of benzene rings is 2. The predicted octanol–water partition coefficient (Wildman–Crippen LogP) is 4.47. The normalized spacial score (nSPS) is 11.7. The van der Waals surface area contributed by atoms with Gasteiger partial charge in [0.05, 0.1) is 0 Å². The highest BCUT2D eigenvalue weighted by molar-refractivity contribution is 6.86. The lowest BCUT2D eigenvalue weighted by molar-refractivity contribution is 0.405. The maximum atomic E-state index is 13.3. The van der Waals surface area contributed by atoms with E-state index in [9.17, 15) is 8.78 Å². The highest BCUT2D eigenvalue weighted by Crippen LogP contribution is 2.23. The third-order valence-electron chi connectivity index (χ3n) is 4.14. The molecule has 2 rings (SSSR count). The summed E-state index contributed by atoms with van der Waals surface area (Å²) in [5.74, 6) is -1.12. The van der Waals surface area contributed by atoms with Gasteiger partial charge in [0.1, 0.15) is 11.6 Å². The van der Waals surface area contributed by atoms with Crippen LogP contribution in [0.5, 0.6) is 0 Å². The van der Waals surface area contributed by atoms with E-state index in [1.165, 1.54) is 17.3 Å². The largest absolute Gasteiger partial charge is 0.416 e. The molecular weight excluding hydrogens is 286 g/mol. The van der Waals surface area contributed by atoms with Crippen molar-refractivity contribution in [3.63, 3.8) is 0 Å². The second-order valence-corrected chi connectivity index (χ2v) is 9.53. The molecular formula is C17H20F2OSi. The molecule has 0 saturated heterocycles. The molecule has 0 spiro atoms. The summed E-state index contributed by atoms with van der Waals surface area (Å²) < 4.78 is 32.4. The molecule has 0 bridgehead atoms. The average Bonchev–Trinajstić information content (AvgIpc) is 2.49. The SMILES string of the molecule is CC[Si](CC)(OC)c1ccc(-c2cc(F)cc(F)c2)cc1. The van der Waals surface area contributed by atoms with Crippen molar-refractivity contribution < 1.29 is 13.2 Å². The lowest BCUT2D eigenvalue weighted by Crippen LogP contribution is -2.48. The van der Waals surface area contributed by atoms with E-state index in [-0.39, 0.29) is 0 Å². The summed E-state index contributed by atoms with van der Waals surface area (Å²) in [6.07, 6.45) is 0. The fourth-order valence-corrected chi connectivity index (χ4v) is 5.66. The zero-order chi connectivity index (χ0) is 15.5. The van der Waals surface area contributed by atoms with Crippen molar-refractivity contribution in [2.45, 2.75) is 25.9 Å². The molecule has 21 heavy (non-hydrogen) atoms. The molecule has 0 saturated carbocycles. The second-order valence-electron chi connectivity index (χ2n) is 5.14. The zero-order valence-electron chi connectivity index (χ0n) is 12.6. The third-order valence-corrected chi connectivity index (χ3v) is 8.59. The minimum Gasteiger partial charge on any atom is -0.416 e. The molecule has 112 valence electrons. The van der Waals surface area contributed by atoms with Crippen LogP contribution in [0.15, 0.2) is 42.5 Å². The predicted molar refractivity (Wildman–Crippen MR) is 85.2 cm³/mol. The van der Waals surface area contributed by atoms with Crippen LogP contribution >= 0.6 is 0 Å². The van der Waals surface area contributed by atoms with E-state index in [4.69, 9.17) is 4.43 Å². The van der Waals surface area contributed by atoms with Gasteiger partial charge in [0.2, 0.25) is 8.32 Å². The summed E-state index contributed by atoms with van der Waals surface area (Å²) in [5.41, 5.74) is 1.36. The van der Waals surface area contributed by atoms with Crippen molar-refractivity contribution in [3.8, 4) is 11.1 Å². The van der Waals surface area contributed by atoms with Gasteiger partial charge >= 0.3 is 0 Å². The fourth-order valence-electron chi connectivity index (χ4n) is 2.75. The molecule has 0 aliphatic carbocycles. The molecule has 0 N–H and O–H groups in total. The van der Waals surface area contributed by atoms with E-state index in [0.717, 1.165) is 23.7 Å². The summed E-state index contributed by atoms with van der Waals surface area (Å²) >= 11 is 0. The zero-order valence-corrected chi connectivity index (χ0v) is 13.6. The number of rotatable bonds is 5. The van der Waals surface area contributed by atoms with Crippen LogP contribution in [-0.2, 0) is 4.43 Å². The van der Waals surface area contributed by atoms with Crippen molar-refractivity contribution in [3.05, 3.63) is 54.1 Å². The molecule has 2 aromatic carbocycles. The topological polar surface area (TPSA) is 9.23 Å². The first-order valence-electron chi connectivity index (χ1n) is 7.17. The van der Waals surface area contributed by atoms with Gasteiger partial charge < -0.3 is 4.43 Å². The van der Waals surface area contributed by atoms with Gasteiger partial charge in [-0.15, -0.1) is 0 Å². The molecule has 0 heterocycles. The molecule has 0 aromatic heterocycles. The Balaban J connectivity index is 2.38. The Morgan fingerprint density at radius 3 is 1.81 bits per heavy atom. The van der Waals surface area contributed by atoms with Crippen LogP contribution in [0.2, 0.25) is 12.1 Å². The Kier molecular flexibility index (Phi) is 4.90. The summed E-state index contributed by atoms with van der Waals surface area (Å²) in [7, 11) is -0.114. The van der Waals surface area contributed by atoms with Crippen molar-refractivity contribution in [1.82, 2.24) is 0 Å². The van der Waals surface area contributed by atoms with Gasteiger partial charge in [-0.2, -0.15) is 0 Å². The van der Waals surface area contributed by atoms with E-state index in [1.807, 2.05) is 24.3 Å². The maximum absolute atomic E-state index is 13.3. The molecule has 1 nitrogen and oxygen atoms in total. The summed E-state index contributed by atoms with van der Waals surface area (Å²) in [6.45, 7) is 4.30. The number of halogens is 2. The first-order chi connectivity index (χ1) is 10.0. The standard InChI is InChI=1S/C17H20F2OSi/c1-4-21(5-2,20-3)17-8-6-13(7-9-17)14-10-15(18)12-16(19)11-14/h6-12H,4-5H2,1-3H3. The lowest BCUT2D eigenvalue weighted by Gasteiger charge is -2.27. The maximum Gasteiger partial charge on any atom is 0.223 e. The first-order valence-corrected chi connectivity index (χ1v) is 9.49. The molecule has 0 unspecified atom stereocenters. The van der Waals surface area contributed by atoms with Crippen molar-refractivity contribution in [2.75, 3.05) is 7.11 Å². The van der Waals surface area contributed by atoms with E-state index in [2.05, 4.69) is 13.8 Å². The Morgan fingerprint density at radius 1 is 0.857 bits per heavy atom. The molecule has 4 heteroatoms. The smallest absolute Gasteiger partial charge is 0.223 e. The van der Waals surface area contributed by atoms with Crippen LogP contribution in [0, 0.1) is 11.6 Å². The van der Waals surface area contributed by atoms with Gasteiger partial charge in [0.25, 0.3) is 0 Å². The van der Waals surface area contributed by atoms with Crippen LogP contribution < -0.4 is 5.19 Å². The molecule has 0 aliphatic rings. The molecule has 0 radical (unpaired) electrons. The molecule has 0 atom stereocenters. The highest BCUT2D eigenvalue weighted by atomic mass is 28.4. The summed E-state index contributed by atoms with van der Waals surface area (Å²) in [4.78, 5) is 0. The van der Waals surface area contributed by atoms with Crippen molar-refractivity contribution >= 4 is 13.5 Å². The van der Waals surface area contributed by atoms with Crippen LogP contribution in [0.1, 0.15) is 13.8 Å².